The fourth-order valence-electron chi connectivity index (χ4n) is 3.05. The number of hydrogen-bond donors (Lipinski definition) is 2. The minimum Gasteiger partial charge on any atom is -0.469 e. The highest BCUT2D eigenvalue weighted by Crippen LogP contribution is 2.12. The molecule has 6 heteroatoms. The summed E-state index contributed by atoms with van der Waals surface area (Å²) in [6.45, 7) is 4.96. The summed E-state index contributed by atoms with van der Waals surface area (Å²) in [7, 11) is 1.41. The van der Waals surface area contributed by atoms with E-state index in [4.69, 9.17) is 4.74 Å². The number of rotatable bonds is 5. The maximum absolute atomic E-state index is 12.4. The molecular formula is C18H25N2O4+. The van der Waals surface area contributed by atoms with Crippen LogP contribution in [0.4, 0.5) is 5.69 Å². The first-order valence-corrected chi connectivity index (χ1v) is 8.26. The Morgan fingerprint density at radius 1 is 1.17 bits per heavy atom. The minimum atomic E-state index is -0.198. The second-order valence-electron chi connectivity index (χ2n) is 6.30. The van der Waals surface area contributed by atoms with Crippen LogP contribution in [0.25, 0.3) is 0 Å². The lowest BCUT2D eigenvalue weighted by atomic mass is 9.96. The molecule has 0 bridgehead atoms. The summed E-state index contributed by atoms with van der Waals surface area (Å²) < 4.78 is 4.79. The number of benzene rings is 1. The Balaban J connectivity index is 1.88. The first-order valence-electron chi connectivity index (χ1n) is 8.26. The summed E-state index contributed by atoms with van der Waals surface area (Å²) in [6, 6.07) is 6.69. The Bertz CT molecular complexity index is 604. The molecule has 6 nitrogen and oxygen atoms in total. The number of carbonyl (C=O) groups excluding carboxylic acids is 3. The third kappa shape index (κ3) is 4.41. The van der Waals surface area contributed by atoms with Crippen LogP contribution in [0.1, 0.15) is 37.0 Å². The second-order valence-corrected chi connectivity index (χ2v) is 6.30. The molecule has 24 heavy (non-hydrogen) atoms. The van der Waals surface area contributed by atoms with E-state index in [-0.39, 0.29) is 29.6 Å². The van der Waals surface area contributed by atoms with Gasteiger partial charge in [0, 0.05) is 24.1 Å². The van der Waals surface area contributed by atoms with Gasteiger partial charge in [-0.2, -0.15) is 0 Å². The highest BCUT2D eigenvalue weighted by atomic mass is 16.5. The monoisotopic (exact) mass is 333 g/mol. The SMILES string of the molecule is COC(=O)C1CC[NH+]([C@@H](C)C(=O)Nc2ccc(C(C)=O)cc2)CC1. The molecule has 0 aromatic heterocycles. The van der Waals surface area contributed by atoms with Gasteiger partial charge in [0.2, 0.25) is 0 Å². The number of carbonyl (C=O) groups is 3. The molecule has 1 amide bonds. The van der Waals surface area contributed by atoms with E-state index in [1.54, 1.807) is 24.3 Å². The lowest BCUT2D eigenvalue weighted by Gasteiger charge is -2.31. The van der Waals surface area contributed by atoms with Crippen LogP contribution in [0.5, 0.6) is 0 Å². The molecule has 130 valence electrons. The Hall–Kier alpha value is -2.21. The van der Waals surface area contributed by atoms with Gasteiger partial charge in [-0.15, -0.1) is 0 Å². The van der Waals surface area contributed by atoms with E-state index in [0.717, 1.165) is 25.9 Å². The smallest absolute Gasteiger partial charge is 0.309 e. The largest absolute Gasteiger partial charge is 0.469 e. The van der Waals surface area contributed by atoms with Crippen molar-refractivity contribution in [2.75, 3.05) is 25.5 Å². The number of hydrogen-bond acceptors (Lipinski definition) is 4. The molecule has 0 radical (unpaired) electrons. The lowest BCUT2D eigenvalue weighted by Crippen LogP contribution is -3.17. The van der Waals surface area contributed by atoms with E-state index in [1.165, 1.54) is 18.9 Å². The average molecular weight is 333 g/mol. The molecule has 1 aliphatic rings. The first kappa shape index (κ1) is 18.1. The number of amides is 1. The van der Waals surface area contributed by atoms with Crippen molar-refractivity contribution >= 4 is 23.3 Å². The van der Waals surface area contributed by atoms with Crippen molar-refractivity contribution in [2.24, 2.45) is 5.92 Å². The number of likely N-dealkylation sites (tertiary alicyclic amines) is 1. The molecule has 1 aromatic rings. The van der Waals surface area contributed by atoms with Gasteiger partial charge in [-0.25, -0.2) is 0 Å². The standard InChI is InChI=1S/C18H24N2O4/c1-12(20-10-8-15(9-11-20)18(23)24-3)17(22)19-16-6-4-14(5-7-16)13(2)21/h4-7,12,15H,8-11H2,1-3H3,(H,19,22)/p+1/t12-/m0/s1. The molecule has 1 fully saturated rings. The summed E-state index contributed by atoms with van der Waals surface area (Å²) in [5.41, 5.74) is 1.30. The Morgan fingerprint density at radius 3 is 2.25 bits per heavy atom. The van der Waals surface area contributed by atoms with Crippen molar-refractivity contribution in [3.8, 4) is 0 Å². The van der Waals surface area contributed by atoms with Gasteiger partial charge in [0.1, 0.15) is 0 Å². The van der Waals surface area contributed by atoms with Gasteiger partial charge >= 0.3 is 5.97 Å². The summed E-state index contributed by atoms with van der Waals surface area (Å²) in [5.74, 6) is -0.263. The van der Waals surface area contributed by atoms with Crippen LogP contribution in [0.2, 0.25) is 0 Å². The van der Waals surface area contributed by atoms with E-state index >= 15 is 0 Å². The van der Waals surface area contributed by atoms with Crippen LogP contribution in [-0.2, 0) is 14.3 Å². The number of ether oxygens (including phenoxy) is 1. The second kappa shape index (κ2) is 8.06. The summed E-state index contributed by atoms with van der Waals surface area (Å²) in [6.07, 6.45) is 1.49. The number of methoxy groups -OCH3 is 1. The summed E-state index contributed by atoms with van der Waals surface area (Å²) in [4.78, 5) is 36.4. The predicted octanol–water partition coefficient (Wildman–Crippen LogP) is 0.684. The molecule has 0 saturated carbocycles. The molecule has 1 atom stereocenters. The fourth-order valence-corrected chi connectivity index (χ4v) is 3.05. The number of esters is 1. The van der Waals surface area contributed by atoms with Gasteiger partial charge in [-0.05, 0) is 38.1 Å². The maximum atomic E-state index is 12.4. The molecule has 1 heterocycles. The molecule has 0 aliphatic carbocycles. The number of anilines is 1. The number of piperidine rings is 1. The van der Waals surface area contributed by atoms with Crippen LogP contribution in [0, 0.1) is 5.92 Å². The Morgan fingerprint density at radius 2 is 1.75 bits per heavy atom. The molecular weight excluding hydrogens is 308 g/mol. The lowest BCUT2D eigenvalue weighted by molar-refractivity contribution is -0.919. The van der Waals surface area contributed by atoms with Crippen LogP contribution in [0.3, 0.4) is 0 Å². The molecule has 1 aromatic carbocycles. The van der Waals surface area contributed by atoms with Gasteiger partial charge < -0.3 is 15.0 Å². The first-order chi connectivity index (χ1) is 11.4. The third-order valence-electron chi connectivity index (χ3n) is 4.73. The van der Waals surface area contributed by atoms with Crippen molar-refractivity contribution < 1.29 is 24.0 Å². The zero-order valence-electron chi connectivity index (χ0n) is 14.4. The average Bonchev–Trinajstić information content (AvgIpc) is 2.61. The fraction of sp³-hybridized carbons (Fsp3) is 0.500. The normalized spacial score (nSPS) is 21.6. The zero-order valence-corrected chi connectivity index (χ0v) is 14.4. The van der Waals surface area contributed by atoms with Gasteiger partial charge in [-0.1, -0.05) is 0 Å². The molecule has 1 saturated heterocycles. The van der Waals surface area contributed by atoms with Gasteiger partial charge in [0.15, 0.2) is 11.8 Å². The van der Waals surface area contributed by atoms with E-state index < -0.39 is 0 Å². The number of ketones is 1. The van der Waals surface area contributed by atoms with E-state index in [2.05, 4.69) is 5.32 Å². The van der Waals surface area contributed by atoms with Crippen LogP contribution < -0.4 is 10.2 Å². The molecule has 2 rings (SSSR count). The third-order valence-corrected chi connectivity index (χ3v) is 4.73. The van der Waals surface area contributed by atoms with Gasteiger partial charge in [-0.3, -0.25) is 14.4 Å². The molecule has 0 spiro atoms. The summed E-state index contributed by atoms with van der Waals surface area (Å²) in [5, 5.41) is 2.89. The van der Waals surface area contributed by atoms with Gasteiger partial charge in [0.05, 0.1) is 26.1 Å². The van der Waals surface area contributed by atoms with Crippen molar-refractivity contribution in [1.82, 2.24) is 0 Å². The molecule has 0 unspecified atom stereocenters. The molecule has 1 aliphatic heterocycles. The van der Waals surface area contributed by atoms with Crippen molar-refractivity contribution in [2.45, 2.75) is 32.7 Å². The highest BCUT2D eigenvalue weighted by Gasteiger charge is 2.33. The predicted molar refractivity (Wildman–Crippen MR) is 90.0 cm³/mol. The summed E-state index contributed by atoms with van der Waals surface area (Å²) >= 11 is 0. The highest BCUT2D eigenvalue weighted by molar-refractivity contribution is 5.96. The van der Waals surface area contributed by atoms with Crippen LogP contribution >= 0.6 is 0 Å². The van der Waals surface area contributed by atoms with Gasteiger partial charge in [0.25, 0.3) is 5.91 Å². The van der Waals surface area contributed by atoms with Crippen molar-refractivity contribution in [3.63, 3.8) is 0 Å². The number of nitrogens with one attached hydrogen (secondary N) is 2. The quantitative estimate of drug-likeness (QED) is 0.614. The van der Waals surface area contributed by atoms with Crippen LogP contribution in [0.15, 0.2) is 24.3 Å². The van der Waals surface area contributed by atoms with E-state index in [1.807, 2.05) is 6.92 Å². The topological polar surface area (TPSA) is 76.9 Å². The van der Waals surface area contributed by atoms with E-state index in [9.17, 15) is 14.4 Å². The number of Topliss-reactive ketones (excluding diaryl/α,β-unsaturated/α-hetero) is 1. The molecule has 2 N–H and O–H groups in total. The van der Waals surface area contributed by atoms with E-state index in [0.29, 0.717) is 11.3 Å². The Kier molecular flexibility index (Phi) is 6.09. The van der Waals surface area contributed by atoms with Crippen LogP contribution in [-0.4, -0.2) is 43.9 Å². The zero-order chi connectivity index (χ0) is 17.7. The number of quaternary nitrogens is 1. The van der Waals surface area contributed by atoms with Crippen molar-refractivity contribution in [1.29, 1.82) is 0 Å². The minimum absolute atomic E-state index is 0.000772. The Labute approximate surface area is 142 Å². The van der Waals surface area contributed by atoms with Crippen molar-refractivity contribution in [3.05, 3.63) is 29.8 Å². The maximum Gasteiger partial charge on any atom is 0.309 e.